The number of amides is 1. The van der Waals surface area contributed by atoms with Crippen molar-refractivity contribution in [2.45, 2.75) is 44.5 Å². The molecule has 162 valence electrons. The summed E-state index contributed by atoms with van der Waals surface area (Å²) in [5.41, 5.74) is 3.15. The number of pyridine rings is 1. The van der Waals surface area contributed by atoms with Crippen LogP contribution in [0.4, 0.5) is 0 Å². The molecule has 1 fully saturated rings. The number of halogens is 1. The SMILES string of the molecule is CNC(=O)CCOCc1ccc(C(CCC2OCCCO2)c2ccc(Cl)cc2)cn1. The molecule has 1 N–H and O–H groups in total. The van der Waals surface area contributed by atoms with Gasteiger partial charge in [-0.25, -0.2) is 0 Å². The first-order valence-electron chi connectivity index (χ1n) is 10.4. The highest BCUT2D eigenvalue weighted by molar-refractivity contribution is 6.30. The molecule has 0 saturated carbocycles. The first-order chi connectivity index (χ1) is 14.7. The highest BCUT2D eigenvalue weighted by Gasteiger charge is 2.20. The standard InChI is InChI=1S/C23H29ClN2O4/c1-25-22(27)11-14-28-16-20-8-5-18(15-26-20)21(17-3-6-19(24)7-4-17)9-10-23-29-12-2-13-30-23/h3-8,15,21,23H,2,9-14,16H2,1H3,(H,25,27). The summed E-state index contributed by atoms with van der Waals surface area (Å²) in [6.45, 7) is 2.27. The molecule has 1 aromatic heterocycles. The Kier molecular flexibility index (Phi) is 9.08. The van der Waals surface area contributed by atoms with E-state index in [4.69, 9.17) is 25.8 Å². The summed E-state index contributed by atoms with van der Waals surface area (Å²) >= 11 is 6.08. The van der Waals surface area contributed by atoms with Crippen LogP contribution in [-0.2, 0) is 25.6 Å². The largest absolute Gasteiger partial charge is 0.375 e. The normalized spacial score (nSPS) is 15.7. The number of carbonyl (C=O) groups is 1. The second-order valence-electron chi connectivity index (χ2n) is 7.26. The van der Waals surface area contributed by atoms with E-state index in [-0.39, 0.29) is 18.1 Å². The summed E-state index contributed by atoms with van der Waals surface area (Å²) in [7, 11) is 1.62. The fourth-order valence-corrected chi connectivity index (χ4v) is 3.55. The summed E-state index contributed by atoms with van der Waals surface area (Å²) in [6, 6.07) is 12.0. The lowest BCUT2D eigenvalue weighted by Gasteiger charge is -2.25. The highest BCUT2D eigenvalue weighted by atomic mass is 35.5. The zero-order valence-electron chi connectivity index (χ0n) is 17.3. The van der Waals surface area contributed by atoms with Crippen molar-refractivity contribution in [3.8, 4) is 0 Å². The molecule has 0 radical (unpaired) electrons. The Morgan fingerprint density at radius 2 is 1.93 bits per heavy atom. The maximum absolute atomic E-state index is 11.2. The van der Waals surface area contributed by atoms with Gasteiger partial charge in [-0.3, -0.25) is 9.78 Å². The third-order valence-corrected chi connectivity index (χ3v) is 5.36. The Bertz CT molecular complexity index is 777. The van der Waals surface area contributed by atoms with E-state index in [1.807, 2.05) is 24.4 Å². The van der Waals surface area contributed by atoms with Crippen LogP contribution in [0.15, 0.2) is 42.6 Å². The fourth-order valence-electron chi connectivity index (χ4n) is 3.42. The molecule has 1 aromatic carbocycles. The number of hydrogen-bond donors (Lipinski definition) is 1. The van der Waals surface area contributed by atoms with E-state index in [0.717, 1.165) is 48.8 Å². The number of benzene rings is 1. The van der Waals surface area contributed by atoms with Gasteiger partial charge in [0.1, 0.15) is 0 Å². The average Bonchev–Trinajstić information content (AvgIpc) is 2.79. The van der Waals surface area contributed by atoms with Gasteiger partial charge in [0.05, 0.1) is 32.1 Å². The van der Waals surface area contributed by atoms with Crippen LogP contribution in [-0.4, -0.2) is 44.0 Å². The van der Waals surface area contributed by atoms with E-state index in [1.165, 1.54) is 5.56 Å². The Morgan fingerprint density at radius 3 is 2.60 bits per heavy atom. The van der Waals surface area contributed by atoms with Crippen molar-refractivity contribution in [3.63, 3.8) is 0 Å². The van der Waals surface area contributed by atoms with Gasteiger partial charge in [0.25, 0.3) is 0 Å². The van der Waals surface area contributed by atoms with Crippen LogP contribution in [0.3, 0.4) is 0 Å². The molecule has 1 atom stereocenters. The number of rotatable bonds is 10. The number of carbonyl (C=O) groups excluding carboxylic acids is 1. The number of hydrogen-bond acceptors (Lipinski definition) is 5. The summed E-state index contributed by atoms with van der Waals surface area (Å²) in [5.74, 6) is 0.141. The van der Waals surface area contributed by atoms with E-state index >= 15 is 0 Å². The molecule has 7 heteroatoms. The summed E-state index contributed by atoms with van der Waals surface area (Å²) in [5, 5.41) is 3.30. The van der Waals surface area contributed by atoms with Gasteiger partial charge in [0.15, 0.2) is 6.29 Å². The predicted molar refractivity (Wildman–Crippen MR) is 115 cm³/mol. The molecule has 0 bridgehead atoms. The lowest BCUT2D eigenvalue weighted by atomic mass is 9.88. The molecule has 2 heterocycles. The molecule has 6 nitrogen and oxygen atoms in total. The lowest BCUT2D eigenvalue weighted by molar-refractivity contribution is -0.181. The predicted octanol–water partition coefficient (Wildman–Crippen LogP) is 4.06. The van der Waals surface area contributed by atoms with Crippen molar-refractivity contribution in [2.75, 3.05) is 26.9 Å². The van der Waals surface area contributed by atoms with E-state index in [0.29, 0.717) is 19.6 Å². The van der Waals surface area contributed by atoms with E-state index in [1.54, 1.807) is 7.05 Å². The molecule has 1 aliphatic rings. The Labute approximate surface area is 182 Å². The van der Waals surface area contributed by atoms with Gasteiger partial charge in [0, 0.05) is 30.6 Å². The van der Waals surface area contributed by atoms with Crippen LogP contribution in [0.5, 0.6) is 0 Å². The average molecular weight is 433 g/mol. The molecular weight excluding hydrogens is 404 g/mol. The minimum absolute atomic E-state index is 0.0324. The third-order valence-electron chi connectivity index (χ3n) is 5.11. The summed E-state index contributed by atoms with van der Waals surface area (Å²) in [6.07, 6.45) is 4.76. The zero-order valence-corrected chi connectivity index (χ0v) is 18.1. The number of aromatic nitrogens is 1. The second-order valence-corrected chi connectivity index (χ2v) is 7.70. The number of nitrogens with zero attached hydrogens (tertiary/aromatic N) is 1. The first-order valence-corrected chi connectivity index (χ1v) is 10.8. The summed E-state index contributed by atoms with van der Waals surface area (Å²) < 4.78 is 17.0. The molecular formula is C23H29ClN2O4. The summed E-state index contributed by atoms with van der Waals surface area (Å²) in [4.78, 5) is 15.8. The third kappa shape index (κ3) is 7.06. The van der Waals surface area contributed by atoms with Crippen molar-refractivity contribution < 1.29 is 19.0 Å². The van der Waals surface area contributed by atoms with Gasteiger partial charge < -0.3 is 19.5 Å². The van der Waals surface area contributed by atoms with Gasteiger partial charge in [-0.1, -0.05) is 29.8 Å². The van der Waals surface area contributed by atoms with Gasteiger partial charge in [0.2, 0.25) is 5.91 Å². The zero-order chi connectivity index (χ0) is 21.2. The minimum atomic E-state index is -0.144. The quantitative estimate of drug-likeness (QED) is 0.573. The van der Waals surface area contributed by atoms with E-state index in [9.17, 15) is 4.79 Å². The Morgan fingerprint density at radius 1 is 1.20 bits per heavy atom. The minimum Gasteiger partial charge on any atom is -0.375 e. The highest BCUT2D eigenvalue weighted by Crippen LogP contribution is 2.31. The van der Waals surface area contributed by atoms with Crippen molar-refractivity contribution in [1.82, 2.24) is 10.3 Å². The van der Waals surface area contributed by atoms with Crippen molar-refractivity contribution >= 4 is 17.5 Å². The van der Waals surface area contributed by atoms with Gasteiger partial charge >= 0.3 is 0 Å². The van der Waals surface area contributed by atoms with Crippen LogP contribution in [0.2, 0.25) is 5.02 Å². The molecule has 1 saturated heterocycles. The molecule has 1 amide bonds. The number of nitrogens with one attached hydrogen (secondary N) is 1. The van der Waals surface area contributed by atoms with Crippen LogP contribution >= 0.6 is 11.6 Å². The van der Waals surface area contributed by atoms with Crippen LogP contribution in [0, 0.1) is 0 Å². The smallest absolute Gasteiger partial charge is 0.222 e. The molecule has 1 unspecified atom stereocenters. The maximum Gasteiger partial charge on any atom is 0.222 e. The van der Waals surface area contributed by atoms with Gasteiger partial charge in [-0.15, -0.1) is 0 Å². The van der Waals surface area contributed by atoms with Crippen LogP contribution in [0.1, 0.15) is 48.4 Å². The molecule has 30 heavy (non-hydrogen) atoms. The van der Waals surface area contributed by atoms with Gasteiger partial charge in [-0.2, -0.15) is 0 Å². The molecule has 3 rings (SSSR count). The second kappa shape index (κ2) is 12.0. The van der Waals surface area contributed by atoms with Crippen molar-refractivity contribution in [2.24, 2.45) is 0 Å². The molecule has 1 aliphatic heterocycles. The molecule has 0 aliphatic carbocycles. The Hall–Kier alpha value is -1.99. The van der Waals surface area contributed by atoms with Crippen LogP contribution < -0.4 is 5.32 Å². The number of ether oxygens (including phenoxy) is 3. The van der Waals surface area contributed by atoms with E-state index in [2.05, 4.69) is 28.5 Å². The van der Waals surface area contributed by atoms with Crippen molar-refractivity contribution in [1.29, 1.82) is 0 Å². The van der Waals surface area contributed by atoms with E-state index < -0.39 is 0 Å². The fraction of sp³-hybridized carbons (Fsp3) is 0.478. The first kappa shape index (κ1) is 22.7. The maximum atomic E-state index is 11.2. The lowest BCUT2D eigenvalue weighted by Crippen LogP contribution is -2.25. The Balaban J connectivity index is 1.63. The monoisotopic (exact) mass is 432 g/mol. The topological polar surface area (TPSA) is 69.7 Å². The molecule has 2 aromatic rings. The molecule has 0 spiro atoms. The van der Waals surface area contributed by atoms with Gasteiger partial charge in [-0.05, 0) is 48.6 Å². The van der Waals surface area contributed by atoms with Crippen molar-refractivity contribution in [3.05, 3.63) is 64.4 Å². The van der Waals surface area contributed by atoms with Crippen LogP contribution in [0.25, 0.3) is 0 Å².